The molecule has 0 unspecified atom stereocenters. The molecule has 0 spiro atoms. The van der Waals surface area contributed by atoms with Crippen molar-refractivity contribution in [1.82, 2.24) is 0 Å². The van der Waals surface area contributed by atoms with Gasteiger partial charge in [-0.15, -0.1) is 0 Å². The van der Waals surface area contributed by atoms with Gasteiger partial charge < -0.3 is 9.47 Å². The highest BCUT2D eigenvalue weighted by molar-refractivity contribution is 5.71. The molecule has 5 heteroatoms. The van der Waals surface area contributed by atoms with E-state index < -0.39 is 23.7 Å². The molecular formula is C33H37F3O2. The van der Waals surface area contributed by atoms with Gasteiger partial charge >= 0.3 is 0 Å². The minimum Gasteiger partial charge on any atom is -0.348 e. The van der Waals surface area contributed by atoms with Crippen LogP contribution in [0.2, 0.25) is 0 Å². The van der Waals surface area contributed by atoms with Crippen LogP contribution in [0, 0.1) is 23.4 Å². The summed E-state index contributed by atoms with van der Waals surface area (Å²) in [5.74, 6) is -1.68. The molecule has 1 saturated heterocycles. The second kappa shape index (κ2) is 13.8. The highest BCUT2D eigenvalue weighted by atomic mass is 19.2. The third kappa shape index (κ3) is 6.95. The smallest absolute Gasteiger partial charge is 0.186 e. The van der Waals surface area contributed by atoms with Crippen LogP contribution in [0.4, 0.5) is 13.2 Å². The number of benzene rings is 3. The van der Waals surface area contributed by atoms with Gasteiger partial charge in [-0.25, -0.2) is 13.2 Å². The molecule has 2 nitrogen and oxygen atoms in total. The first kappa shape index (κ1) is 28.1. The summed E-state index contributed by atoms with van der Waals surface area (Å²) in [6.07, 6.45) is 10.0. The Morgan fingerprint density at radius 2 is 1.53 bits per heavy atom. The summed E-state index contributed by atoms with van der Waals surface area (Å²) >= 11 is 0. The highest BCUT2D eigenvalue weighted by Crippen LogP contribution is 2.33. The lowest BCUT2D eigenvalue weighted by Gasteiger charge is -2.29. The molecule has 0 saturated carbocycles. The van der Waals surface area contributed by atoms with Crippen molar-refractivity contribution >= 4 is 0 Å². The van der Waals surface area contributed by atoms with Gasteiger partial charge in [-0.3, -0.25) is 0 Å². The van der Waals surface area contributed by atoms with Crippen LogP contribution in [0.25, 0.3) is 22.3 Å². The van der Waals surface area contributed by atoms with E-state index in [4.69, 9.17) is 9.47 Å². The number of allylic oxidation sites excluding steroid dienone is 2. The molecule has 0 atom stereocenters. The number of ether oxygens (including phenoxy) is 2. The first-order chi connectivity index (χ1) is 18.5. The largest absolute Gasteiger partial charge is 0.348 e. The number of unbranched alkanes of at least 4 members (excludes halogenated alkanes) is 3. The number of halogens is 3. The molecule has 0 aromatic heterocycles. The van der Waals surface area contributed by atoms with Gasteiger partial charge in [0.05, 0.1) is 13.2 Å². The Morgan fingerprint density at radius 3 is 2.21 bits per heavy atom. The Kier molecular flexibility index (Phi) is 10.2. The Labute approximate surface area is 224 Å². The van der Waals surface area contributed by atoms with Gasteiger partial charge in [0.15, 0.2) is 17.9 Å². The first-order valence-corrected chi connectivity index (χ1v) is 13.7. The maximum absolute atomic E-state index is 15.0. The van der Waals surface area contributed by atoms with Crippen molar-refractivity contribution in [2.24, 2.45) is 5.92 Å². The zero-order valence-electron chi connectivity index (χ0n) is 22.3. The average molecular weight is 523 g/mol. The first-order valence-electron chi connectivity index (χ1n) is 13.7. The Hall–Kier alpha value is -2.89. The molecule has 1 fully saturated rings. The van der Waals surface area contributed by atoms with E-state index in [1.165, 1.54) is 6.07 Å². The maximum atomic E-state index is 15.0. The number of hydrogen-bond acceptors (Lipinski definition) is 2. The summed E-state index contributed by atoms with van der Waals surface area (Å²) in [5.41, 5.74) is 3.07. The summed E-state index contributed by atoms with van der Waals surface area (Å²) in [5, 5.41) is 0. The molecule has 1 aliphatic rings. The average Bonchev–Trinajstić information content (AvgIpc) is 2.94. The summed E-state index contributed by atoms with van der Waals surface area (Å²) in [7, 11) is 0. The molecule has 3 aromatic rings. The lowest BCUT2D eigenvalue weighted by molar-refractivity contribution is -0.207. The Balaban J connectivity index is 1.41. The highest BCUT2D eigenvalue weighted by Gasteiger charge is 2.25. The fourth-order valence-electron chi connectivity index (χ4n) is 4.88. The van der Waals surface area contributed by atoms with Crippen LogP contribution >= 0.6 is 0 Å². The van der Waals surface area contributed by atoms with E-state index in [9.17, 15) is 8.78 Å². The van der Waals surface area contributed by atoms with E-state index in [0.717, 1.165) is 44.1 Å². The number of hydrogen-bond donors (Lipinski definition) is 0. The molecule has 0 bridgehead atoms. The van der Waals surface area contributed by atoms with Gasteiger partial charge in [0.2, 0.25) is 0 Å². The Morgan fingerprint density at radius 1 is 0.816 bits per heavy atom. The van der Waals surface area contributed by atoms with Crippen LogP contribution in [0.5, 0.6) is 0 Å². The predicted octanol–water partition coefficient (Wildman–Crippen LogP) is 9.58. The van der Waals surface area contributed by atoms with Gasteiger partial charge in [-0.05, 0) is 60.9 Å². The van der Waals surface area contributed by atoms with Crippen LogP contribution < -0.4 is 0 Å². The number of rotatable bonds is 11. The van der Waals surface area contributed by atoms with E-state index >= 15 is 4.39 Å². The molecule has 4 rings (SSSR count). The second-order valence-electron chi connectivity index (χ2n) is 10.0. The van der Waals surface area contributed by atoms with E-state index in [0.29, 0.717) is 47.8 Å². The zero-order chi connectivity index (χ0) is 26.9. The standard InChI is InChI=1S/C33H37F3O2/c1-3-5-7-9-11-26-16-18-28(32(36)31(26)35)25-14-12-24(13-15-25)27-17-19-29(30(34)20-27)33-37-21-23(22-38-33)10-8-6-4-2/h4,6,12-20,23,33H,3,5,7-11,21-22H2,1-2H3. The maximum Gasteiger partial charge on any atom is 0.186 e. The van der Waals surface area contributed by atoms with Gasteiger partial charge in [-0.2, -0.15) is 0 Å². The van der Waals surface area contributed by atoms with Crippen molar-refractivity contribution in [2.75, 3.05) is 13.2 Å². The van der Waals surface area contributed by atoms with Crippen molar-refractivity contribution < 1.29 is 22.6 Å². The molecule has 38 heavy (non-hydrogen) atoms. The lowest BCUT2D eigenvalue weighted by Crippen LogP contribution is -2.27. The molecule has 0 aliphatic carbocycles. The van der Waals surface area contributed by atoms with Crippen molar-refractivity contribution in [3.63, 3.8) is 0 Å². The topological polar surface area (TPSA) is 18.5 Å². The van der Waals surface area contributed by atoms with Crippen LogP contribution in [0.1, 0.15) is 69.8 Å². The minimum atomic E-state index is -0.822. The van der Waals surface area contributed by atoms with Crippen molar-refractivity contribution in [2.45, 2.75) is 65.1 Å². The monoisotopic (exact) mass is 522 g/mol. The van der Waals surface area contributed by atoms with Gasteiger partial charge in [0, 0.05) is 17.0 Å². The van der Waals surface area contributed by atoms with E-state index in [-0.39, 0.29) is 5.56 Å². The molecule has 0 radical (unpaired) electrons. The minimum absolute atomic E-state index is 0.225. The molecule has 202 valence electrons. The fourth-order valence-corrected chi connectivity index (χ4v) is 4.88. The summed E-state index contributed by atoms with van der Waals surface area (Å²) in [4.78, 5) is 0. The van der Waals surface area contributed by atoms with Gasteiger partial charge in [0.25, 0.3) is 0 Å². The third-order valence-electron chi connectivity index (χ3n) is 7.19. The van der Waals surface area contributed by atoms with Gasteiger partial charge in [0.1, 0.15) is 5.82 Å². The quantitative estimate of drug-likeness (QED) is 0.184. The molecule has 0 N–H and O–H groups in total. The molecule has 1 aliphatic heterocycles. The fraction of sp³-hybridized carbons (Fsp3) is 0.394. The van der Waals surface area contributed by atoms with E-state index in [1.54, 1.807) is 42.5 Å². The van der Waals surface area contributed by atoms with Crippen molar-refractivity contribution in [1.29, 1.82) is 0 Å². The van der Waals surface area contributed by atoms with Crippen LogP contribution in [0.15, 0.2) is 66.7 Å². The zero-order valence-corrected chi connectivity index (χ0v) is 22.3. The Bertz CT molecular complexity index is 1210. The SMILES string of the molecule is CC=CCCC1COC(c2ccc(-c3ccc(-c4ccc(CCCCCC)c(F)c4F)cc3)cc2F)OC1. The van der Waals surface area contributed by atoms with E-state index in [1.807, 2.05) is 19.1 Å². The normalized spacial score (nSPS) is 17.8. The van der Waals surface area contributed by atoms with Gasteiger partial charge in [-0.1, -0.05) is 86.9 Å². The van der Waals surface area contributed by atoms with E-state index in [2.05, 4.69) is 13.0 Å². The second-order valence-corrected chi connectivity index (χ2v) is 10.0. The third-order valence-corrected chi connectivity index (χ3v) is 7.19. The van der Waals surface area contributed by atoms with Crippen LogP contribution in [-0.2, 0) is 15.9 Å². The van der Waals surface area contributed by atoms with Crippen LogP contribution in [0.3, 0.4) is 0 Å². The summed E-state index contributed by atoms with van der Waals surface area (Å²) in [6, 6.07) is 15.4. The predicted molar refractivity (Wildman–Crippen MR) is 147 cm³/mol. The van der Waals surface area contributed by atoms with Crippen molar-refractivity contribution in [3.8, 4) is 22.3 Å². The molecule has 1 heterocycles. The lowest BCUT2D eigenvalue weighted by atomic mass is 9.97. The summed E-state index contributed by atoms with van der Waals surface area (Å²) in [6.45, 7) is 5.21. The van der Waals surface area contributed by atoms with Crippen molar-refractivity contribution in [3.05, 3.63) is 95.3 Å². The number of aryl methyl sites for hydroxylation is 1. The van der Waals surface area contributed by atoms with Crippen LogP contribution in [-0.4, -0.2) is 13.2 Å². The summed E-state index contributed by atoms with van der Waals surface area (Å²) < 4.78 is 56.2. The molecular weight excluding hydrogens is 485 g/mol. The molecule has 3 aromatic carbocycles. The molecule has 0 amide bonds.